The number of carbonyl (C=O) groups is 2. The second kappa shape index (κ2) is 10.4. The van der Waals surface area contributed by atoms with E-state index in [0.717, 1.165) is 55.2 Å². The van der Waals surface area contributed by atoms with Gasteiger partial charge in [-0.25, -0.2) is 18.2 Å². The standard InChI is InChI=1S/C28H22ClF3N6O2/c29-21-8-7-20(26(31)32)24(25(21)30)22-10-33-11-23(36-22)27(39)35-17-9-34-37(14-17)12-15-1-4-18(5-2-15)38-13-16-3-6-19(16)28(38)40/h1-2,4-5,7-11,14,16,19,26H,3,6,12-13H2,(H,35,39)/t16-,19-/m1/s1. The van der Waals surface area contributed by atoms with E-state index < -0.39 is 29.3 Å². The highest BCUT2D eigenvalue weighted by atomic mass is 35.5. The van der Waals surface area contributed by atoms with Crippen molar-refractivity contribution in [3.8, 4) is 11.3 Å². The lowest BCUT2D eigenvalue weighted by molar-refractivity contribution is -0.123. The van der Waals surface area contributed by atoms with E-state index in [1.54, 1.807) is 10.9 Å². The van der Waals surface area contributed by atoms with Gasteiger partial charge in [-0.3, -0.25) is 19.3 Å². The van der Waals surface area contributed by atoms with E-state index >= 15 is 0 Å². The molecule has 4 aromatic rings. The largest absolute Gasteiger partial charge is 0.318 e. The van der Waals surface area contributed by atoms with E-state index in [1.807, 2.05) is 29.2 Å². The molecule has 1 saturated heterocycles. The maximum absolute atomic E-state index is 14.7. The minimum Gasteiger partial charge on any atom is -0.318 e. The van der Waals surface area contributed by atoms with E-state index in [2.05, 4.69) is 20.4 Å². The molecule has 3 heterocycles. The van der Waals surface area contributed by atoms with Crippen LogP contribution in [0, 0.1) is 17.7 Å². The van der Waals surface area contributed by atoms with Gasteiger partial charge in [0, 0.05) is 35.5 Å². The predicted octanol–water partition coefficient (Wildman–Crippen LogP) is 5.74. The molecule has 1 aliphatic heterocycles. The number of hydrogen-bond donors (Lipinski definition) is 1. The quantitative estimate of drug-likeness (QED) is 0.308. The number of alkyl halides is 2. The summed E-state index contributed by atoms with van der Waals surface area (Å²) < 4.78 is 43.3. The number of carbonyl (C=O) groups excluding carboxylic acids is 2. The fourth-order valence-electron chi connectivity index (χ4n) is 5.15. The number of benzene rings is 2. The van der Waals surface area contributed by atoms with Crippen LogP contribution in [0.2, 0.25) is 5.02 Å². The van der Waals surface area contributed by atoms with Gasteiger partial charge in [0.2, 0.25) is 5.91 Å². The third kappa shape index (κ3) is 4.81. The first-order chi connectivity index (χ1) is 19.3. The first kappa shape index (κ1) is 26.0. The number of anilines is 2. The van der Waals surface area contributed by atoms with E-state index in [-0.39, 0.29) is 28.2 Å². The second-order valence-electron chi connectivity index (χ2n) is 9.86. The van der Waals surface area contributed by atoms with Crippen LogP contribution in [0.15, 0.2) is 61.2 Å². The molecule has 0 bridgehead atoms. The van der Waals surface area contributed by atoms with Crippen LogP contribution in [0.25, 0.3) is 11.3 Å². The third-order valence-electron chi connectivity index (χ3n) is 7.39. The molecule has 1 aliphatic carbocycles. The molecule has 8 nitrogen and oxygen atoms in total. The Labute approximate surface area is 231 Å². The van der Waals surface area contributed by atoms with Gasteiger partial charge in [0.05, 0.1) is 41.5 Å². The van der Waals surface area contributed by atoms with Crippen molar-refractivity contribution in [2.24, 2.45) is 11.8 Å². The average molecular weight is 567 g/mol. The zero-order chi connectivity index (χ0) is 28.0. The van der Waals surface area contributed by atoms with Gasteiger partial charge in [0.25, 0.3) is 12.3 Å². The Morgan fingerprint density at radius 1 is 1.10 bits per heavy atom. The third-order valence-corrected chi connectivity index (χ3v) is 7.68. The number of amides is 2. The smallest absolute Gasteiger partial charge is 0.275 e. The van der Waals surface area contributed by atoms with Crippen molar-refractivity contribution in [1.29, 1.82) is 0 Å². The highest BCUT2D eigenvalue weighted by Gasteiger charge is 2.46. The van der Waals surface area contributed by atoms with Crippen molar-refractivity contribution in [3.63, 3.8) is 0 Å². The summed E-state index contributed by atoms with van der Waals surface area (Å²) in [7, 11) is 0. The Bertz CT molecular complexity index is 1610. The summed E-state index contributed by atoms with van der Waals surface area (Å²) in [5.74, 6) is -0.882. The Morgan fingerprint density at radius 2 is 1.90 bits per heavy atom. The van der Waals surface area contributed by atoms with Gasteiger partial charge < -0.3 is 10.2 Å². The number of halogens is 4. The SMILES string of the molecule is O=C(Nc1cnn(Cc2ccc(N3C[C@H]4CC[C@H]4C3=O)cc2)c1)c1cncc(-c2c(C(F)F)ccc(Cl)c2F)n1. The molecule has 2 aromatic carbocycles. The molecule has 40 heavy (non-hydrogen) atoms. The minimum atomic E-state index is -2.99. The average Bonchev–Trinajstić information content (AvgIpc) is 3.45. The monoisotopic (exact) mass is 566 g/mol. The van der Waals surface area contributed by atoms with Crippen LogP contribution in [-0.2, 0) is 11.3 Å². The summed E-state index contributed by atoms with van der Waals surface area (Å²) in [6.07, 6.45) is 4.41. The molecule has 6 rings (SSSR count). The van der Waals surface area contributed by atoms with Gasteiger partial charge in [0.1, 0.15) is 5.69 Å². The molecule has 2 fully saturated rings. The van der Waals surface area contributed by atoms with Crippen LogP contribution in [0.4, 0.5) is 24.5 Å². The van der Waals surface area contributed by atoms with Crippen molar-refractivity contribution < 1.29 is 22.8 Å². The molecule has 0 spiro atoms. The van der Waals surface area contributed by atoms with Crippen molar-refractivity contribution >= 4 is 34.8 Å². The lowest BCUT2D eigenvalue weighted by Gasteiger charge is -2.25. The highest BCUT2D eigenvalue weighted by Crippen LogP contribution is 2.43. The van der Waals surface area contributed by atoms with Crippen LogP contribution < -0.4 is 10.2 Å². The van der Waals surface area contributed by atoms with Crippen molar-refractivity contribution in [2.45, 2.75) is 25.8 Å². The van der Waals surface area contributed by atoms with Crippen LogP contribution in [0.3, 0.4) is 0 Å². The molecule has 0 unspecified atom stereocenters. The molecule has 2 atom stereocenters. The fraction of sp³-hybridized carbons (Fsp3) is 0.250. The molecule has 2 aromatic heterocycles. The predicted molar refractivity (Wildman–Crippen MR) is 142 cm³/mol. The molecule has 1 saturated carbocycles. The summed E-state index contributed by atoms with van der Waals surface area (Å²) in [5, 5.41) is 6.55. The molecular formula is C28H22ClF3N6O2. The first-order valence-corrected chi connectivity index (χ1v) is 13.0. The van der Waals surface area contributed by atoms with Crippen LogP contribution in [-0.4, -0.2) is 38.1 Å². The molecule has 0 radical (unpaired) electrons. The number of aromatic nitrogens is 4. The van der Waals surface area contributed by atoms with Gasteiger partial charge in [0.15, 0.2) is 5.82 Å². The summed E-state index contributed by atoms with van der Waals surface area (Å²) in [6.45, 7) is 1.20. The lowest BCUT2D eigenvalue weighted by atomic mass is 9.76. The normalized spacial score (nSPS) is 18.1. The number of nitrogens with one attached hydrogen (secondary N) is 1. The van der Waals surface area contributed by atoms with Gasteiger partial charge in [-0.1, -0.05) is 29.8 Å². The Kier molecular flexibility index (Phi) is 6.75. The maximum atomic E-state index is 14.7. The lowest BCUT2D eigenvalue weighted by Crippen LogP contribution is -2.28. The second-order valence-corrected chi connectivity index (χ2v) is 10.3. The Morgan fingerprint density at radius 3 is 2.58 bits per heavy atom. The molecule has 1 N–H and O–H groups in total. The van der Waals surface area contributed by atoms with Gasteiger partial charge in [-0.2, -0.15) is 5.10 Å². The van der Waals surface area contributed by atoms with E-state index in [9.17, 15) is 22.8 Å². The van der Waals surface area contributed by atoms with Gasteiger partial charge in [-0.15, -0.1) is 0 Å². The fourth-order valence-corrected chi connectivity index (χ4v) is 5.31. The molecular weight excluding hydrogens is 545 g/mol. The molecule has 2 aliphatic rings. The van der Waals surface area contributed by atoms with Crippen molar-refractivity contribution in [1.82, 2.24) is 19.7 Å². The number of hydrogen-bond acceptors (Lipinski definition) is 5. The van der Waals surface area contributed by atoms with Crippen LogP contribution >= 0.6 is 11.6 Å². The van der Waals surface area contributed by atoms with Gasteiger partial charge >= 0.3 is 0 Å². The summed E-state index contributed by atoms with van der Waals surface area (Å²) in [6, 6.07) is 9.78. The molecule has 2 amide bonds. The molecule has 12 heteroatoms. The summed E-state index contributed by atoms with van der Waals surface area (Å²) in [4.78, 5) is 35.1. The minimum absolute atomic E-state index is 0.180. The Hall–Kier alpha value is -4.25. The van der Waals surface area contributed by atoms with Crippen molar-refractivity contribution in [3.05, 3.63) is 88.8 Å². The van der Waals surface area contributed by atoms with Crippen LogP contribution in [0.1, 0.15) is 40.9 Å². The van der Waals surface area contributed by atoms with E-state index in [1.165, 1.54) is 6.20 Å². The van der Waals surface area contributed by atoms with Crippen LogP contribution in [0.5, 0.6) is 0 Å². The number of fused-ring (bicyclic) bond motifs is 1. The topological polar surface area (TPSA) is 93.0 Å². The summed E-state index contributed by atoms with van der Waals surface area (Å²) >= 11 is 5.79. The van der Waals surface area contributed by atoms with Crippen molar-refractivity contribution in [2.75, 3.05) is 16.8 Å². The maximum Gasteiger partial charge on any atom is 0.275 e. The Balaban J connectivity index is 1.13. The van der Waals surface area contributed by atoms with E-state index in [0.29, 0.717) is 18.2 Å². The van der Waals surface area contributed by atoms with E-state index in [4.69, 9.17) is 11.6 Å². The number of nitrogens with zero attached hydrogens (tertiary/aromatic N) is 5. The molecule has 204 valence electrons. The first-order valence-electron chi connectivity index (χ1n) is 12.6. The summed E-state index contributed by atoms with van der Waals surface area (Å²) in [5.41, 5.74) is 0.645. The zero-order valence-electron chi connectivity index (χ0n) is 20.9. The highest BCUT2D eigenvalue weighted by molar-refractivity contribution is 6.31. The number of rotatable bonds is 7. The van der Waals surface area contributed by atoms with Gasteiger partial charge in [-0.05, 0) is 42.5 Å². The zero-order valence-corrected chi connectivity index (χ0v) is 21.7.